The van der Waals surface area contributed by atoms with Crippen molar-refractivity contribution in [3.05, 3.63) is 65.0 Å². The molecule has 0 bridgehead atoms. The Morgan fingerprint density at radius 3 is 2.72 bits per heavy atom. The van der Waals surface area contributed by atoms with Gasteiger partial charge < -0.3 is 5.11 Å². The molecule has 2 heterocycles. The molecule has 29 heavy (non-hydrogen) atoms. The first-order valence-corrected chi connectivity index (χ1v) is 9.95. The second-order valence-electron chi connectivity index (χ2n) is 6.72. The molecule has 1 atom stereocenters. The Balaban J connectivity index is 1.53. The van der Waals surface area contributed by atoms with Crippen molar-refractivity contribution in [1.82, 2.24) is 4.98 Å². The highest BCUT2D eigenvalue weighted by atomic mass is 32.1. The Morgan fingerprint density at radius 1 is 1.17 bits per heavy atom. The molecular formula is C21H19N5O2S. The zero-order valence-electron chi connectivity index (χ0n) is 16.0. The van der Waals surface area contributed by atoms with Gasteiger partial charge in [-0.1, -0.05) is 42.0 Å². The van der Waals surface area contributed by atoms with Crippen LogP contribution in [0, 0.1) is 6.92 Å². The summed E-state index contributed by atoms with van der Waals surface area (Å²) in [7, 11) is 0. The minimum atomic E-state index is -0.778. The van der Waals surface area contributed by atoms with E-state index in [1.54, 1.807) is 31.2 Å². The molecule has 0 radical (unpaired) electrons. The van der Waals surface area contributed by atoms with Crippen LogP contribution in [0.4, 0.5) is 10.8 Å². The maximum Gasteiger partial charge on any atom is 0.282 e. The molecule has 0 aliphatic carbocycles. The fraction of sp³-hybridized carbons (Fsp3) is 0.190. The molecule has 8 heteroatoms. The lowest BCUT2D eigenvalue weighted by Gasteiger charge is -2.08. The van der Waals surface area contributed by atoms with E-state index in [1.165, 1.54) is 21.9 Å². The van der Waals surface area contributed by atoms with Gasteiger partial charge in [0.15, 0.2) is 6.04 Å². The highest BCUT2D eigenvalue weighted by Crippen LogP contribution is 2.30. The monoisotopic (exact) mass is 405 g/mol. The van der Waals surface area contributed by atoms with Crippen LogP contribution in [0.1, 0.15) is 18.1 Å². The quantitative estimate of drug-likeness (QED) is 0.634. The second kappa shape index (κ2) is 8.02. The molecule has 0 saturated carbocycles. The van der Waals surface area contributed by atoms with Crippen LogP contribution in [0.5, 0.6) is 0 Å². The first-order chi connectivity index (χ1) is 14.0. The second-order valence-corrected chi connectivity index (χ2v) is 7.56. The van der Waals surface area contributed by atoms with Gasteiger partial charge in [-0.25, -0.2) is 4.98 Å². The molecule has 146 valence electrons. The van der Waals surface area contributed by atoms with E-state index in [4.69, 9.17) is 0 Å². The zero-order chi connectivity index (χ0) is 20.4. The number of azo groups is 1. The number of benzene rings is 2. The van der Waals surface area contributed by atoms with Crippen molar-refractivity contribution in [2.24, 2.45) is 15.3 Å². The Kier molecular flexibility index (Phi) is 5.28. The maximum atomic E-state index is 12.8. The van der Waals surface area contributed by atoms with Crippen LogP contribution in [0.25, 0.3) is 11.3 Å². The molecule has 7 nitrogen and oxygen atoms in total. The lowest BCUT2D eigenvalue weighted by molar-refractivity contribution is -0.117. The molecule has 0 fully saturated rings. The van der Waals surface area contributed by atoms with Gasteiger partial charge in [-0.05, 0) is 31.5 Å². The Morgan fingerprint density at radius 2 is 1.97 bits per heavy atom. The van der Waals surface area contributed by atoms with E-state index in [9.17, 15) is 9.90 Å². The standard InChI is InChI=1S/C21H19N5O2S/c1-13-6-8-16(9-7-13)18-12-29-21(22-18)26-20(28)19(14(2)25-26)24-23-17-5-3-4-15(10-17)11-27/h3-10,12,19,27H,11H2,1-2H3/t19-/m1/s1. The Labute approximate surface area is 172 Å². The van der Waals surface area contributed by atoms with E-state index in [1.807, 2.05) is 36.6 Å². The number of carbonyl (C=O) groups excluding carboxylic acids is 1. The van der Waals surface area contributed by atoms with Gasteiger partial charge in [0.2, 0.25) is 5.13 Å². The number of aliphatic hydroxyl groups excluding tert-OH is 1. The SMILES string of the molecule is CC1=NN(c2nc(-c3ccc(C)cc3)cs2)C(=O)[C@@H]1N=Nc1cccc(CO)c1. The molecule has 4 rings (SSSR count). The molecule has 1 aliphatic heterocycles. The number of carbonyl (C=O) groups is 1. The fourth-order valence-electron chi connectivity index (χ4n) is 2.89. The largest absolute Gasteiger partial charge is 0.392 e. The van der Waals surface area contributed by atoms with Gasteiger partial charge in [-0.2, -0.15) is 20.3 Å². The van der Waals surface area contributed by atoms with E-state index >= 15 is 0 Å². The van der Waals surface area contributed by atoms with E-state index in [0.717, 1.165) is 16.8 Å². The molecule has 3 aromatic rings. The number of rotatable bonds is 5. The number of aryl methyl sites for hydroxylation is 1. The number of amides is 1. The lowest BCUT2D eigenvalue weighted by atomic mass is 10.1. The summed E-state index contributed by atoms with van der Waals surface area (Å²) in [6, 6.07) is 14.4. The van der Waals surface area contributed by atoms with Gasteiger partial charge in [0, 0.05) is 10.9 Å². The van der Waals surface area contributed by atoms with Crippen molar-refractivity contribution < 1.29 is 9.90 Å². The number of aromatic nitrogens is 1. The summed E-state index contributed by atoms with van der Waals surface area (Å²) in [6.07, 6.45) is 0. The van der Waals surface area contributed by atoms with Crippen LogP contribution in [-0.2, 0) is 11.4 Å². The van der Waals surface area contributed by atoms with Crippen molar-refractivity contribution >= 4 is 33.8 Å². The average molecular weight is 405 g/mol. The van der Waals surface area contributed by atoms with Crippen LogP contribution in [0.3, 0.4) is 0 Å². The third kappa shape index (κ3) is 3.98. The molecule has 0 spiro atoms. The fourth-order valence-corrected chi connectivity index (χ4v) is 3.67. The lowest BCUT2D eigenvalue weighted by Crippen LogP contribution is -2.29. The highest BCUT2D eigenvalue weighted by molar-refractivity contribution is 7.14. The molecule has 1 aromatic heterocycles. The van der Waals surface area contributed by atoms with Gasteiger partial charge in [0.1, 0.15) is 0 Å². The predicted molar refractivity (Wildman–Crippen MR) is 114 cm³/mol. The number of thiazole rings is 1. The third-order valence-corrected chi connectivity index (χ3v) is 5.31. The first-order valence-electron chi connectivity index (χ1n) is 9.07. The van der Waals surface area contributed by atoms with Gasteiger partial charge in [-0.15, -0.1) is 11.3 Å². The third-order valence-electron chi connectivity index (χ3n) is 4.50. The molecule has 0 saturated heterocycles. The predicted octanol–water partition coefficient (Wildman–Crippen LogP) is 4.49. The summed E-state index contributed by atoms with van der Waals surface area (Å²) < 4.78 is 0. The number of nitrogens with zero attached hydrogens (tertiary/aromatic N) is 5. The minimum Gasteiger partial charge on any atom is -0.392 e. The Hall–Kier alpha value is -3.23. The summed E-state index contributed by atoms with van der Waals surface area (Å²) in [5.41, 5.74) is 4.84. The van der Waals surface area contributed by atoms with Crippen LogP contribution >= 0.6 is 11.3 Å². The summed E-state index contributed by atoms with van der Waals surface area (Å²) in [5.74, 6) is -0.283. The molecule has 2 aromatic carbocycles. The zero-order valence-corrected chi connectivity index (χ0v) is 16.8. The van der Waals surface area contributed by atoms with E-state index in [-0.39, 0.29) is 12.5 Å². The van der Waals surface area contributed by atoms with Gasteiger partial charge in [0.05, 0.1) is 23.7 Å². The summed E-state index contributed by atoms with van der Waals surface area (Å²) in [4.78, 5) is 17.4. The number of hydrazone groups is 1. The Bertz CT molecular complexity index is 1100. The van der Waals surface area contributed by atoms with Crippen molar-refractivity contribution in [2.75, 3.05) is 5.01 Å². The van der Waals surface area contributed by atoms with Crippen LogP contribution in [0.15, 0.2) is 69.2 Å². The van der Waals surface area contributed by atoms with Crippen molar-refractivity contribution in [3.63, 3.8) is 0 Å². The highest BCUT2D eigenvalue weighted by Gasteiger charge is 2.36. The smallest absolute Gasteiger partial charge is 0.282 e. The van der Waals surface area contributed by atoms with Crippen LogP contribution in [-0.4, -0.2) is 27.8 Å². The van der Waals surface area contributed by atoms with Crippen molar-refractivity contribution in [3.8, 4) is 11.3 Å². The van der Waals surface area contributed by atoms with E-state index in [2.05, 4.69) is 20.3 Å². The minimum absolute atomic E-state index is 0.0760. The number of anilines is 1. The number of aliphatic hydroxyl groups is 1. The summed E-state index contributed by atoms with van der Waals surface area (Å²) >= 11 is 1.36. The van der Waals surface area contributed by atoms with E-state index in [0.29, 0.717) is 16.5 Å². The summed E-state index contributed by atoms with van der Waals surface area (Å²) in [5, 5.41) is 25.6. The average Bonchev–Trinajstić information content (AvgIpc) is 3.32. The molecule has 1 amide bonds. The van der Waals surface area contributed by atoms with Crippen LogP contribution < -0.4 is 5.01 Å². The van der Waals surface area contributed by atoms with Crippen molar-refractivity contribution in [2.45, 2.75) is 26.5 Å². The van der Waals surface area contributed by atoms with Gasteiger partial charge in [0.25, 0.3) is 5.91 Å². The van der Waals surface area contributed by atoms with Crippen LogP contribution in [0.2, 0.25) is 0 Å². The first kappa shape index (κ1) is 19.1. The molecule has 1 N–H and O–H groups in total. The molecular weight excluding hydrogens is 386 g/mol. The topological polar surface area (TPSA) is 90.5 Å². The normalized spacial score (nSPS) is 16.7. The number of hydrogen-bond acceptors (Lipinski definition) is 7. The van der Waals surface area contributed by atoms with Gasteiger partial charge in [-0.3, -0.25) is 4.79 Å². The molecule has 1 aliphatic rings. The van der Waals surface area contributed by atoms with E-state index < -0.39 is 6.04 Å². The number of hydrogen-bond donors (Lipinski definition) is 1. The van der Waals surface area contributed by atoms with Crippen molar-refractivity contribution in [1.29, 1.82) is 0 Å². The maximum absolute atomic E-state index is 12.8. The van der Waals surface area contributed by atoms with Gasteiger partial charge >= 0.3 is 0 Å². The molecule has 0 unspecified atom stereocenters. The summed E-state index contributed by atoms with van der Waals surface area (Å²) in [6.45, 7) is 3.71.